The maximum Gasteiger partial charge on any atom is 0.0387 e. The van der Waals surface area contributed by atoms with Crippen LogP contribution < -0.4 is 5.32 Å². The Labute approximate surface area is 243 Å². The second-order valence-corrected chi connectivity index (χ2v) is 13.1. The van der Waals surface area contributed by atoms with Crippen molar-refractivity contribution in [2.45, 2.75) is 37.5 Å². The van der Waals surface area contributed by atoms with Gasteiger partial charge in [0.1, 0.15) is 0 Å². The number of rotatable bonds is 4. The zero-order chi connectivity index (χ0) is 27.0. The molecule has 1 heteroatoms. The van der Waals surface area contributed by atoms with Gasteiger partial charge in [0, 0.05) is 16.8 Å². The highest BCUT2D eigenvalue weighted by atomic mass is 14.9. The molecule has 0 amide bonds. The number of hydrogen-bond donors (Lipinski definition) is 1. The first kappa shape index (κ1) is 23.6. The van der Waals surface area contributed by atoms with Crippen LogP contribution in [0.25, 0.3) is 33.4 Å². The van der Waals surface area contributed by atoms with E-state index in [4.69, 9.17) is 0 Å². The Balaban J connectivity index is 1.07. The normalized spacial score (nSPS) is 26.6. The Morgan fingerprint density at radius 1 is 0.439 bits per heavy atom. The fourth-order valence-corrected chi connectivity index (χ4v) is 9.73. The molecule has 0 aliphatic heterocycles. The molecule has 1 nitrogen and oxygen atoms in total. The van der Waals surface area contributed by atoms with Gasteiger partial charge in [-0.2, -0.15) is 0 Å². The summed E-state index contributed by atoms with van der Waals surface area (Å²) < 4.78 is 0. The molecule has 5 aliphatic rings. The summed E-state index contributed by atoms with van der Waals surface area (Å²) in [7, 11) is 0. The molecule has 200 valence electrons. The molecule has 1 spiro atoms. The highest BCUT2D eigenvalue weighted by Gasteiger charge is 2.61. The molecule has 4 bridgehead atoms. The summed E-state index contributed by atoms with van der Waals surface area (Å²) >= 11 is 0. The maximum absolute atomic E-state index is 3.79. The standard InChI is InChI=1S/C40H35N/c1-2-8-28(9-3-1)34-10-4-5-11-35(34)29-14-16-32(17-15-29)41-33-18-19-37-36-12-6-7-13-38(36)40(39(37)25-33)30-21-26-20-27(23-30)24-31(40)22-26/h1-19,25-27,30-31,41H,20-24H2. The summed E-state index contributed by atoms with van der Waals surface area (Å²) in [6.45, 7) is 0. The second kappa shape index (κ2) is 8.95. The number of fused-ring (bicyclic) bond motifs is 3. The van der Waals surface area contributed by atoms with Crippen LogP contribution in [-0.4, -0.2) is 0 Å². The number of hydrogen-bond acceptors (Lipinski definition) is 1. The lowest BCUT2D eigenvalue weighted by Gasteiger charge is -2.61. The molecule has 5 aliphatic carbocycles. The van der Waals surface area contributed by atoms with Gasteiger partial charge in [-0.3, -0.25) is 0 Å². The van der Waals surface area contributed by atoms with Crippen molar-refractivity contribution in [3.05, 3.63) is 132 Å². The molecule has 0 radical (unpaired) electrons. The highest BCUT2D eigenvalue weighted by Crippen LogP contribution is 2.69. The first-order valence-electron chi connectivity index (χ1n) is 15.5. The summed E-state index contributed by atoms with van der Waals surface area (Å²) in [5, 5.41) is 3.79. The summed E-state index contributed by atoms with van der Waals surface area (Å²) in [6.07, 6.45) is 7.17. The average molecular weight is 530 g/mol. The van der Waals surface area contributed by atoms with Gasteiger partial charge in [-0.15, -0.1) is 0 Å². The number of anilines is 2. The summed E-state index contributed by atoms with van der Waals surface area (Å²) in [4.78, 5) is 0. The topological polar surface area (TPSA) is 12.0 Å². The van der Waals surface area contributed by atoms with E-state index in [-0.39, 0.29) is 5.41 Å². The van der Waals surface area contributed by atoms with Crippen LogP contribution >= 0.6 is 0 Å². The van der Waals surface area contributed by atoms with E-state index in [1.165, 1.54) is 71.2 Å². The van der Waals surface area contributed by atoms with E-state index in [9.17, 15) is 0 Å². The zero-order valence-electron chi connectivity index (χ0n) is 23.4. The molecule has 0 saturated heterocycles. The van der Waals surface area contributed by atoms with Gasteiger partial charge in [0.25, 0.3) is 0 Å². The molecule has 4 fully saturated rings. The lowest BCUT2D eigenvalue weighted by Crippen LogP contribution is -2.55. The van der Waals surface area contributed by atoms with E-state index in [0.29, 0.717) is 0 Å². The van der Waals surface area contributed by atoms with Crippen molar-refractivity contribution in [3.8, 4) is 33.4 Å². The SMILES string of the molecule is c1ccc(-c2ccccc2-c2ccc(Nc3ccc4c(c3)C3(c5ccccc5-4)C4CC5CC(C4)CC3C5)cc2)cc1. The fourth-order valence-electron chi connectivity index (χ4n) is 9.73. The monoisotopic (exact) mass is 529 g/mol. The third kappa shape index (κ3) is 3.48. The van der Waals surface area contributed by atoms with Crippen molar-refractivity contribution in [3.63, 3.8) is 0 Å². The molecule has 4 saturated carbocycles. The third-order valence-corrected chi connectivity index (χ3v) is 11.1. The molecule has 0 aromatic heterocycles. The first-order valence-corrected chi connectivity index (χ1v) is 15.5. The Morgan fingerprint density at radius 3 is 1.66 bits per heavy atom. The largest absolute Gasteiger partial charge is 0.356 e. The minimum atomic E-state index is 0.210. The van der Waals surface area contributed by atoms with E-state index in [1.54, 1.807) is 11.1 Å². The van der Waals surface area contributed by atoms with Gasteiger partial charge in [-0.25, -0.2) is 0 Å². The van der Waals surface area contributed by atoms with Crippen LogP contribution in [0.5, 0.6) is 0 Å². The third-order valence-electron chi connectivity index (χ3n) is 11.1. The Bertz CT molecular complexity index is 1740. The van der Waals surface area contributed by atoms with Crippen molar-refractivity contribution in [2.75, 3.05) is 5.32 Å². The molecule has 0 atom stereocenters. The van der Waals surface area contributed by atoms with Gasteiger partial charge < -0.3 is 5.32 Å². The first-order chi connectivity index (χ1) is 20.3. The molecule has 5 aromatic carbocycles. The van der Waals surface area contributed by atoms with Crippen LogP contribution in [0.1, 0.15) is 43.2 Å². The smallest absolute Gasteiger partial charge is 0.0387 e. The van der Waals surface area contributed by atoms with Gasteiger partial charge in [0.15, 0.2) is 0 Å². The van der Waals surface area contributed by atoms with E-state index < -0.39 is 0 Å². The van der Waals surface area contributed by atoms with Crippen LogP contribution in [0.4, 0.5) is 11.4 Å². The molecule has 5 aromatic rings. The lowest BCUT2D eigenvalue weighted by molar-refractivity contribution is -0.0399. The van der Waals surface area contributed by atoms with Crippen LogP contribution in [0.15, 0.2) is 121 Å². The Morgan fingerprint density at radius 2 is 0.976 bits per heavy atom. The van der Waals surface area contributed by atoms with Crippen LogP contribution in [0, 0.1) is 23.7 Å². The zero-order valence-corrected chi connectivity index (χ0v) is 23.4. The Kier molecular flexibility index (Phi) is 5.15. The van der Waals surface area contributed by atoms with Gasteiger partial charge in [0.2, 0.25) is 0 Å². The minimum Gasteiger partial charge on any atom is -0.356 e. The van der Waals surface area contributed by atoms with Crippen molar-refractivity contribution >= 4 is 11.4 Å². The van der Waals surface area contributed by atoms with Crippen molar-refractivity contribution in [1.29, 1.82) is 0 Å². The van der Waals surface area contributed by atoms with Crippen LogP contribution in [-0.2, 0) is 5.41 Å². The van der Waals surface area contributed by atoms with Gasteiger partial charge in [-0.1, -0.05) is 97.1 Å². The predicted octanol–water partition coefficient (Wildman–Crippen LogP) is 10.5. The van der Waals surface area contributed by atoms with E-state index in [1.807, 2.05) is 0 Å². The maximum atomic E-state index is 3.79. The molecule has 0 heterocycles. The Hall–Kier alpha value is -4.10. The van der Waals surface area contributed by atoms with Gasteiger partial charge >= 0.3 is 0 Å². The van der Waals surface area contributed by atoms with Crippen LogP contribution in [0.2, 0.25) is 0 Å². The van der Waals surface area contributed by atoms with Crippen molar-refractivity contribution < 1.29 is 0 Å². The van der Waals surface area contributed by atoms with E-state index >= 15 is 0 Å². The predicted molar refractivity (Wildman–Crippen MR) is 170 cm³/mol. The highest BCUT2D eigenvalue weighted by molar-refractivity contribution is 5.86. The molecular weight excluding hydrogens is 494 g/mol. The quantitative estimate of drug-likeness (QED) is 0.244. The number of nitrogens with one attached hydrogen (secondary N) is 1. The fraction of sp³-hybridized carbons (Fsp3) is 0.250. The van der Waals surface area contributed by atoms with E-state index in [0.717, 1.165) is 29.4 Å². The van der Waals surface area contributed by atoms with E-state index in [2.05, 4.69) is 127 Å². The van der Waals surface area contributed by atoms with Crippen molar-refractivity contribution in [2.24, 2.45) is 23.7 Å². The lowest BCUT2D eigenvalue weighted by atomic mass is 9.43. The molecule has 1 N–H and O–H groups in total. The van der Waals surface area contributed by atoms with Crippen molar-refractivity contribution in [1.82, 2.24) is 0 Å². The van der Waals surface area contributed by atoms with Gasteiger partial charge in [0.05, 0.1) is 0 Å². The summed E-state index contributed by atoms with van der Waals surface area (Å²) in [5.74, 6) is 3.51. The second-order valence-electron chi connectivity index (χ2n) is 13.1. The summed E-state index contributed by atoms with van der Waals surface area (Å²) in [6, 6.07) is 45.0. The number of benzene rings is 5. The summed E-state index contributed by atoms with van der Waals surface area (Å²) in [5.41, 5.74) is 13.8. The average Bonchev–Trinajstić information content (AvgIpc) is 3.31. The minimum absolute atomic E-state index is 0.210. The molecule has 10 rings (SSSR count). The molecular formula is C40H35N. The molecule has 41 heavy (non-hydrogen) atoms. The van der Waals surface area contributed by atoms with Gasteiger partial charge in [-0.05, 0) is 125 Å². The van der Waals surface area contributed by atoms with Crippen LogP contribution in [0.3, 0.4) is 0 Å². The molecule has 0 unspecified atom stereocenters.